The van der Waals surface area contributed by atoms with Crippen LogP contribution in [0, 0.1) is 0 Å². The summed E-state index contributed by atoms with van der Waals surface area (Å²) in [4.78, 5) is 25.5. The first-order valence-electron chi connectivity index (χ1n) is 2.75. The molecule has 0 aromatic carbocycles. The number of carbonyl (C=O) groups is 2. The van der Waals surface area contributed by atoms with E-state index in [0.29, 0.717) is 19.4 Å². The van der Waals surface area contributed by atoms with Crippen LogP contribution in [0.2, 0.25) is 0 Å². The van der Waals surface area contributed by atoms with Gasteiger partial charge in [-0.25, -0.2) is 5.48 Å². The Morgan fingerprint density at radius 2 is 2.22 bits per heavy atom. The third kappa shape index (κ3) is 1.50. The lowest BCUT2D eigenvalue weighted by Crippen LogP contribution is -2.27. The first-order chi connectivity index (χ1) is 4.30. The molecule has 0 spiro atoms. The van der Waals surface area contributed by atoms with Crippen molar-refractivity contribution in [2.75, 3.05) is 6.61 Å². The van der Waals surface area contributed by atoms with E-state index in [1.807, 2.05) is 5.48 Å². The van der Waals surface area contributed by atoms with Gasteiger partial charge in [0.15, 0.2) is 0 Å². The van der Waals surface area contributed by atoms with E-state index >= 15 is 0 Å². The third-order valence-electron chi connectivity index (χ3n) is 1.07. The molecule has 9 heavy (non-hydrogen) atoms. The average Bonchev–Trinajstić information content (AvgIpc) is 1.99. The quantitative estimate of drug-likeness (QED) is 0.444. The zero-order chi connectivity index (χ0) is 6.69. The molecule has 0 aliphatic carbocycles. The summed E-state index contributed by atoms with van der Waals surface area (Å²) < 4.78 is 0. The Morgan fingerprint density at radius 1 is 1.44 bits per heavy atom. The molecule has 1 fully saturated rings. The highest BCUT2D eigenvalue weighted by Gasteiger charge is 2.15. The fraction of sp³-hybridized carbons (Fsp3) is 0.600. The lowest BCUT2D eigenvalue weighted by Gasteiger charge is -1.94. The second-order valence-electron chi connectivity index (χ2n) is 1.81. The Kier molecular flexibility index (Phi) is 1.79. The van der Waals surface area contributed by atoms with Crippen molar-refractivity contribution in [2.24, 2.45) is 0 Å². The van der Waals surface area contributed by atoms with E-state index in [2.05, 4.69) is 4.84 Å². The third-order valence-corrected chi connectivity index (χ3v) is 1.07. The summed E-state index contributed by atoms with van der Waals surface area (Å²) in [6.45, 7) is 0.428. The van der Waals surface area contributed by atoms with Crippen LogP contribution < -0.4 is 5.48 Å². The van der Waals surface area contributed by atoms with Gasteiger partial charge in [0.25, 0.3) is 0 Å². The van der Waals surface area contributed by atoms with Gasteiger partial charge in [-0.3, -0.25) is 14.4 Å². The largest absolute Gasteiger partial charge is 0.310 e. The van der Waals surface area contributed by atoms with E-state index in [4.69, 9.17) is 0 Å². The molecule has 50 valence electrons. The highest BCUT2D eigenvalue weighted by atomic mass is 16.7. The van der Waals surface area contributed by atoms with Crippen LogP contribution in [0.5, 0.6) is 0 Å². The molecule has 0 atom stereocenters. The van der Waals surface area contributed by atoms with Gasteiger partial charge in [-0.2, -0.15) is 0 Å². The number of nitrogens with one attached hydrogen (secondary N) is 1. The van der Waals surface area contributed by atoms with Gasteiger partial charge in [-0.1, -0.05) is 0 Å². The molecule has 0 saturated carbocycles. The van der Waals surface area contributed by atoms with Crippen LogP contribution in [0.1, 0.15) is 12.8 Å². The summed E-state index contributed by atoms with van der Waals surface area (Å²) in [5.74, 6) is -1.03. The highest BCUT2D eigenvalue weighted by molar-refractivity contribution is 6.35. The van der Waals surface area contributed by atoms with Crippen molar-refractivity contribution < 1.29 is 14.4 Å². The molecule has 0 bridgehead atoms. The number of carbonyl (C=O) groups excluding carboxylic acids is 2. The maximum Gasteiger partial charge on any atom is 0.310 e. The van der Waals surface area contributed by atoms with Crippen LogP contribution in [-0.2, 0) is 14.4 Å². The Morgan fingerprint density at radius 3 is 3.00 bits per heavy atom. The molecular formula is C5H7NO3. The normalized spacial score (nSPS) is 20.9. The van der Waals surface area contributed by atoms with E-state index in [-0.39, 0.29) is 0 Å². The molecule has 0 aromatic rings. The Bertz CT molecular complexity index is 127. The fourth-order valence-electron chi connectivity index (χ4n) is 0.592. The fourth-order valence-corrected chi connectivity index (χ4v) is 0.592. The maximum atomic E-state index is 10.5. The minimum atomic E-state index is -0.632. The lowest BCUT2D eigenvalue weighted by atomic mass is 10.2. The first kappa shape index (κ1) is 6.22. The van der Waals surface area contributed by atoms with Gasteiger partial charge in [0.2, 0.25) is 5.78 Å². The topological polar surface area (TPSA) is 55.4 Å². The van der Waals surface area contributed by atoms with Crippen LogP contribution in [0.15, 0.2) is 0 Å². The molecule has 1 N–H and O–H groups in total. The SMILES string of the molecule is O=C1CCCONC1=O. The van der Waals surface area contributed by atoms with Crippen LogP contribution in [0.25, 0.3) is 0 Å². The summed E-state index contributed by atoms with van der Waals surface area (Å²) in [5, 5.41) is 0. The van der Waals surface area contributed by atoms with Crippen LogP contribution >= 0.6 is 0 Å². The van der Waals surface area contributed by atoms with Crippen molar-refractivity contribution in [3.63, 3.8) is 0 Å². The Hall–Kier alpha value is -0.900. The smallest absolute Gasteiger partial charge is 0.289 e. The molecule has 0 aromatic heterocycles. The van der Waals surface area contributed by atoms with E-state index in [9.17, 15) is 9.59 Å². The summed E-state index contributed by atoms with van der Waals surface area (Å²) in [6, 6.07) is 0. The first-order valence-corrected chi connectivity index (χ1v) is 2.75. The van der Waals surface area contributed by atoms with E-state index in [1.54, 1.807) is 0 Å². The number of ketones is 1. The number of hydrogen-bond acceptors (Lipinski definition) is 3. The highest BCUT2D eigenvalue weighted by Crippen LogP contribution is 1.95. The van der Waals surface area contributed by atoms with Crippen LogP contribution in [0.3, 0.4) is 0 Å². The van der Waals surface area contributed by atoms with E-state index in [0.717, 1.165) is 0 Å². The second kappa shape index (κ2) is 2.59. The van der Waals surface area contributed by atoms with Crippen molar-refractivity contribution >= 4 is 11.7 Å². The second-order valence-corrected chi connectivity index (χ2v) is 1.81. The summed E-state index contributed by atoms with van der Waals surface area (Å²) >= 11 is 0. The van der Waals surface area contributed by atoms with Crippen molar-refractivity contribution in [3.05, 3.63) is 0 Å². The standard InChI is InChI=1S/C5H7NO3/c7-4-2-1-3-9-6-5(4)8/h1-3H2,(H,6,8). The van der Waals surface area contributed by atoms with Gasteiger partial charge < -0.3 is 0 Å². The summed E-state index contributed by atoms with van der Waals surface area (Å²) in [7, 11) is 0. The summed E-state index contributed by atoms with van der Waals surface area (Å²) in [6.07, 6.45) is 0.920. The lowest BCUT2D eigenvalue weighted by molar-refractivity contribution is -0.143. The molecule has 0 radical (unpaired) electrons. The zero-order valence-corrected chi connectivity index (χ0v) is 4.85. The van der Waals surface area contributed by atoms with Gasteiger partial charge in [0.05, 0.1) is 6.61 Å². The van der Waals surface area contributed by atoms with E-state index < -0.39 is 11.7 Å². The van der Waals surface area contributed by atoms with Crippen LogP contribution in [0.4, 0.5) is 0 Å². The average molecular weight is 129 g/mol. The number of amides is 1. The molecule has 1 rings (SSSR count). The molecule has 4 heteroatoms. The molecule has 1 heterocycles. The number of rotatable bonds is 0. The van der Waals surface area contributed by atoms with Gasteiger partial charge in [0.1, 0.15) is 0 Å². The van der Waals surface area contributed by atoms with Crippen molar-refractivity contribution in [2.45, 2.75) is 12.8 Å². The molecule has 0 unspecified atom stereocenters. The van der Waals surface area contributed by atoms with Crippen molar-refractivity contribution in [1.29, 1.82) is 0 Å². The molecule has 1 aliphatic heterocycles. The molecule has 1 aliphatic rings. The van der Waals surface area contributed by atoms with Gasteiger partial charge in [-0.15, -0.1) is 0 Å². The predicted octanol–water partition coefficient (Wildman–Crippen LogP) is -0.603. The number of hydroxylamine groups is 1. The maximum absolute atomic E-state index is 10.5. The molecule has 1 saturated heterocycles. The number of hydrogen-bond donors (Lipinski definition) is 1. The van der Waals surface area contributed by atoms with Crippen LogP contribution in [-0.4, -0.2) is 18.3 Å². The zero-order valence-electron chi connectivity index (χ0n) is 4.85. The minimum absolute atomic E-state index is 0.297. The Balaban J connectivity index is 2.51. The molecular weight excluding hydrogens is 122 g/mol. The van der Waals surface area contributed by atoms with Crippen molar-refractivity contribution in [3.8, 4) is 0 Å². The number of Topliss-reactive ketones (excluding diaryl/α,β-unsaturated/α-hetero) is 1. The predicted molar refractivity (Wildman–Crippen MR) is 28.3 cm³/mol. The Labute approximate surface area is 52.1 Å². The van der Waals surface area contributed by atoms with Gasteiger partial charge in [0, 0.05) is 6.42 Å². The van der Waals surface area contributed by atoms with Gasteiger partial charge >= 0.3 is 5.91 Å². The molecule has 1 amide bonds. The van der Waals surface area contributed by atoms with E-state index in [1.165, 1.54) is 0 Å². The minimum Gasteiger partial charge on any atom is -0.289 e. The van der Waals surface area contributed by atoms with Gasteiger partial charge in [-0.05, 0) is 6.42 Å². The monoisotopic (exact) mass is 129 g/mol. The summed E-state index contributed by atoms with van der Waals surface area (Å²) in [5.41, 5.74) is 2.01. The molecule has 4 nitrogen and oxygen atoms in total. The van der Waals surface area contributed by atoms with Crippen molar-refractivity contribution in [1.82, 2.24) is 5.48 Å².